The van der Waals surface area contributed by atoms with Gasteiger partial charge in [-0.3, -0.25) is 0 Å². The first-order valence-corrected chi connectivity index (χ1v) is 6.82. The van der Waals surface area contributed by atoms with Crippen LogP contribution >= 0.6 is 0 Å². The van der Waals surface area contributed by atoms with E-state index in [9.17, 15) is 5.11 Å². The van der Waals surface area contributed by atoms with Gasteiger partial charge in [-0.2, -0.15) is 0 Å². The van der Waals surface area contributed by atoms with Crippen molar-refractivity contribution in [2.24, 2.45) is 11.8 Å². The van der Waals surface area contributed by atoms with Crippen LogP contribution in [0.3, 0.4) is 0 Å². The van der Waals surface area contributed by atoms with Crippen molar-refractivity contribution in [1.82, 2.24) is 0 Å². The molecule has 100 valence electrons. The van der Waals surface area contributed by atoms with Gasteiger partial charge in [0.05, 0.1) is 18.3 Å². The van der Waals surface area contributed by atoms with E-state index in [1.54, 1.807) is 0 Å². The Bertz CT molecular complexity index is 427. The Labute approximate surface area is 110 Å². The van der Waals surface area contributed by atoms with E-state index in [1.807, 2.05) is 6.07 Å². The molecule has 0 aromatic heterocycles. The largest absolute Gasteiger partial charge is 0.388 e. The van der Waals surface area contributed by atoms with Crippen LogP contribution in [-0.2, 0) is 4.74 Å². The van der Waals surface area contributed by atoms with Crippen molar-refractivity contribution in [3.63, 3.8) is 0 Å². The first-order chi connectivity index (χ1) is 8.41. The molecule has 5 atom stereocenters. The van der Waals surface area contributed by atoms with Crippen molar-refractivity contribution in [3.05, 3.63) is 34.9 Å². The molecular weight excluding hydrogens is 224 g/mol. The van der Waals surface area contributed by atoms with Gasteiger partial charge in [-0.15, -0.1) is 0 Å². The zero-order valence-corrected chi connectivity index (χ0v) is 12.0. The Kier molecular flexibility index (Phi) is 3.79. The molecule has 1 fully saturated rings. The van der Waals surface area contributed by atoms with E-state index in [0.717, 1.165) is 5.56 Å². The lowest BCUT2D eigenvalue weighted by molar-refractivity contribution is 0.0231. The number of ether oxygens (including phenoxy) is 1. The summed E-state index contributed by atoms with van der Waals surface area (Å²) in [5.41, 5.74) is 3.52. The number of aryl methyl sites for hydroxylation is 2. The summed E-state index contributed by atoms with van der Waals surface area (Å²) in [6.45, 7) is 10.5. The van der Waals surface area contributed by atoms with E-state index in [1.165, 1.54) is 11.1 Å². The summed E-state index contributed by atoms with van der Waals surface area (Å²) in [5.74, 6) is 0.568. The molecule has 2 nitrogen and oxygen atoms in total. The quantitative estimate of drug-likeness (QED) is 0.869. The lowest BCUT2D eigenvalue weighted by Gasteiger charge is -2.25. The maximum absolute atomic E-state index is 10.6. The molecule has 1 saturated heterocycles. The summed E-state index contributed by atoms with van der Waals surface area (Å²) < 4.78 is 5.82. The van der Waals surface area contributed by atoms with Crippen molar-refractivity contribution in [1.29, 1.82) is 0 Å². The third kappa shape index (κ3) is 2.32. The fraction of sp³-hybridized carbons (Fsp3) is 0.625. The fourth-order valence-electron chi connectivity index (χ4n) is 3.01. The van der Waals surface area contributed by atoms with Crippen LogP contribution < -0.4 is 0 Å². The Morgan fingerprint density at radius 2 is 1.72 bits per heavy atom. The van der Waals surface area contributed by atoms with Crippen LogP contribution in [0.15, 0.2) is 18.2 Å². The molecule has 0 amide bonds. The highest BCUT2D eigenvalue weighted by Gasteiger charge is 2.41. The average Bonchev–Trinajstić information content (AvgIpc) is 2.56. The Morgan fingerprint density at radius 1 is 1.06 bits per heavy atom. The molecular formula is C16H24O2. The molecule has 2 heteroatoms. The molecule has 1 heterocycles. The Morgan fingerprint density at radius 3 is 2.22 bits per heavy atom. The van der Waals surface area contributed by atoms with Crippen molar-refractivity contribution in [2.75, 3.05) is 0 Å². The van der Waals surface area contributed by atoms with Crippen LogP contribution in [0.1, 0.15) is 43.6 Å². The smallest absolute Gasteiger partial charge is 0.0846 e. The average molecular weight is 248 g/mol. The van der Waals surface area contributed by atoms with Gasteiger partial charge in [0.1, 0.15) is 0 Å². The van der Waals surface area contributed by atoms with Gasteiger partial charge in [0.15, 0.2) is 0 Å². The minimum atomic E-state index is -0.431. The van der Waals surface area contributed by atoms with E-state index in [0.29, 0.717) is 5.92 Å². The molecule has 0 saturated carbocycles. The van der Waals surface area contributed by atoms with Gasteiger partial charge in [-0.05, 0) is 50.3 Å². The minimum Gasteiger partial charge on any atom is -0.388 e. The highest BCUT2D eigenvalue weighted by Crippen LogP contribution is 2.40. The molecule has 1 N–H and O–H groups in total. The predicted octanol–water partition coefficient (Wildman–Crippen LogP) is 3.40. The Hall–Kier alpha value is -0.860. The summed E-state index contributed by atoms with van der Waals surface area (Å²) in [5, 5.41) is 10.6. The van der Waals surface area contributed by atoms with Crippen LogP contribution in [0.25, 0.3) is 0 Å². The second-order valence-electron chi connectivity index (χ2n) is 5.77. The highest BCUT2D eigenvalue weighted by molar-refractivity contribution is 5.31. The molecule has 0 bridgehead atoms. The van der Waals surface area contributed by atoms with E-state index in [-0.39, 0.29) is 18.1 Å². The number of aliphatic hydroxyl groups excluding tert-OH is 1. The highest BCUT2D eigenvalue weighted by atomic mass is 16.5. The summed E-state index contributed by atoms with van der Waals surface area (Å²) in [6.07, 6.45) is -0.0861. The number of rotatable bonds is 2. The number of hydrogen-bond donors (Lipinski definition) is 1. The van der Waals surface area contributed by atoms with Gasteiger partial charge in [0.25, 0.3) is 0 Å². The van der Waals surface area contributed by atoms with Gasteiger partial charge < -0.3 is 9.84 Å². The number of hydrogen-bond acceptors (Lipinski definition) is 2. The zero-order valence-electron chi connectivity index (χ0n) is 12.0. The van der Waals surface area contributed by atoms with Gasteiger partial charge in [-0.1, -0.05) is 25.1 Å². The molecule has 0 radical (unpaired) electrons. The Balaban J connectivity index is 2.25. The van der Waals surface area contributed by atoms with Crippen LogP contribution in [0.5, 0.6) is 0 Å². The van der Waals surface area contributed by atoms with Crippen LogP contribution in [0.4, 0.5) is 0 Å². The summed E-state index contributed by atoms with van der Waals surface area (Å²) in [7, 11) is 0. The van der Waals surface area contributed by atoms with Crippen molar-refractivity contribution in [3.8, 4) is 0 Å². The maximum Gasteiger partial charge on any atom is 0.0846 e. The fourth-order valence-corrected chi connectivity index (χ4v) is 3.01. The molecule has 0 spiro atoms. The van der Waals surface area contributed by atoms with Gasteiger partial charge in [0.2, 0.25) is 0 Å². The lowest BCUT2D eigenvalue weighted by Crippen LogP contribution is -2.25. The first-order valence-electron chi connectivity index (χ1n) is 6.82. The number of aliphatic hydroxyl groups is 1. The lowest BCUT2D eigenvalue weighted by atomic mass is 9.82. The molecule has 1 aliphatic heterocycles. The molecule has 1 aromatic carbocycles. The van der Waals surface area contributed by atoms with Crippen molar-refractivity contribution < 1.29 is 9.84 Å². The SMILES string of the molecule is Cc1ccc(C(O)C2C(C)OC(C)C2C)cc1C. The van der Waals surface area contributed by atoms with Crippen molar-refractivity contribution in [2.45, 2.75) is 52.9 Å². The topological polar surface area (TPSA) is 29.5 Å². The van der Waals surface area contributed by atoms with Gasteiger partial charge >= 0.3 is 0 Å². The monoisotopic (exact) mass is 248 g/mol. The second kappa shape index (κ2) is 5.02. The second-order valence-corrected chi connectivity index (χ2v) is 5.77. The molecule has 18 heavy (non-hydrogen) atoms. The molecule has 2 rings (SSSR count). The van der Waals surface area contributed by atoms with E-state index >= 15 is 0 Å². The minimum absolute atomic E-state index is 0.117. The molecule has 5 unspecified atom stereocenters. The van der Waals surface area contributed by atoms with E-state index in [2.05, 4.69) is 46.8 Å². The van der Waals surface area contributed by atoms with E-state index in [4.69, 9.17) is 4.74 Å². The standard InChI is InChI=1S/C16H24O2/c1-9-6-7-14(8-10(9)2)16(17)15-11(3)12(4)18-13(15)5/h6-8,11-13,15-17H,1-5H3. The third-order valence-corrected chi connectivity index (χ3v) is 4.56. The third-order valence-electron chi connectivity index (χ3n) is 4.56. The van der Waals surface area contributed by atoms with Crippen LogP contribution in [0.2, 0.25) is 0 Å². The van der Waals surface area contributed by atoms with Crippen LogP contribution in [0, 0.1) is 25.7 Å². The number of benzene rings is 1. The normalized spacial score (nSPS) is 33.7. The van der Waals surface area contributed by atoms with Gasteiger partial charge in [-0.25, -0.2) is 0 Å². The summed E-state index contributed by atoms with van der Waals surface area (Å²) in [4.78, 5) is 0. The molecule has 1 aliphatic rings. The predicted molar refractivity (Wildman–Crippen MR) is 73.5 cm³/mol. The zero-order chi connectivity index (χ0) is 13.4. The molecule has 1 aromatic rings. The maximum atomic E-state index is 10.6. The summed E-state index contributed by atoms with van der Waals surface area (Å²) >= 11 is 0. The molecule has 0 aliphatic carbocycles. The van der Waals surface area contributed by atoms with Crippen LogP contribution in [-0.4, -0.2) is 17.3 Å². The summed E-state index contributed by atoms with van der Waals surface area (Å²) in [6, 6.07) is 6.22. The first kappa shape index (κ1) is 13.6. The van der Waals surface area contributed by atoms with Crippen molar-refractivity contribution >= 4 is 0 Å². The van der Waals surface area contributed by atoms with Gasteiger partial charge in [0, 0.05) is 5.92 Å². The van der Waals surface area contributed by atoms with E-state index < -0.39 is 6.10 Å².